The van der Waals surface area contributed by atoms with Crippen LogP contribution in [0.2, 0.25) is 0 Å². The number of ether oxygens (including phenoxy) is 1. The van der Waals surface area contributed by atoms with E-state index in [1.54, 1.807) is 12.1 Å². The summed E-state index contributed by atoms with van der Waals surface area (Å²) in [6.07, 6.45) is 0.899. The van der Waals surface area contributed by atoms with Gasteiger partial charge >= 0.3 is 0 Å². The van der Waals surface area contributed by atoms with E-state index in [4.69, 9.17) is 4.74 Å². The Labute approximate surface area is 117 Å². The highest BCUT2D eigenvalue weighted by Gasteiger charge is 2.13. The van der Waals surface area contributed by atoms with Gasteiger partial charge in [-0.25, -0.2) is 0 Å². The lowest BCUT2D eigenvalue weighted by Crippen LogP contribution is -2.04. The van der Waals surface area contributed by atoms with E-state index in [0.717, 1.165) is 12.0 Å². The van der Waals surface area contributed by atoms with Crippen molar-refractivity contribution in [1.82, 2.24) is 0 Å². The van der Waals surface area contributed by atoms with Gasteiger partial charge in [0.15, 0.2) is 0 Å². The number of nitrogens with zero attached hydrogens (tertiary/aromatic N) is 1. The molecule has 0 saturated heterocycles. The highest BCUT2D eigenvalue weighted by atomic mass is 16.5. The van der Waals surface area contributed by atoms with Crippen LogP contribution in [0.3, 0.4) is 0 Å². The molecule has 0 heterocycles. The maximum absolute atomic E-state index is 10.1. The number of phenolic OH excluding ortho intramolecular Hbond substituents is 1. The van der Waals surface area contributed by atoms with Gasteiger partial charge in [0.25, 0.3) is 0 Å². The van der Waals surface area contributed by atoms with Crippen LogP contribution >= 0.6 is 0 Å². The number of aromatic hydroxyl groups is 1. The number of phenols is 1. The molecular formula is C16H17NO3. The van der Waals surface area contributed by atoms with Crippen LogP contribution in [0.25, 0.3) is 0 Å². The van der Waals surface area contributed by atoms with Crippen LogP contribution in [-0.2, 0) is 0 Å². The zero-order chi connectivity index (χ0) is 14.4. The van der Waals surface area contributed by atoms with Crippen molar-refractivity contribution in [3.8, 4) is 11.5 Å². The van der Waals surface area contributed by atoms with Gasteiger partial charge in [-0.2, -0.15) is 0 Å². The monoisotopic (exact) mass is 271 g/mol. The molecule has 2 rings (SSSR count). The lowest BCUT2D eigenvalue weighted by molar-refractivity contribution is 0.314. The van der Waals surface area contributed by atoms with Crippen LogP contribution in [0.1, 0.15) is 24.5 Å². The number of oxime groups is 1. The van der Waals surface area contributed by atoms with E-state index in [1.165, 1.54) is 6.07 Å². The third kappa shape index (κ3) is 3.09. The van der Waals surface area contributed by atoms with E-state index >= 15 is 0 Å². The molecule has 2 aromatic rings. The standard InChI is InChI=1S/C16H17NO3/c1-2-10-20-13-8-9-14(15(18)11-13)16(17-19)12-6-4-3-5-7-12/h3-9,11,18-19H,2,10H2,1H3. The average molecular weight is 271 g/mol. The van der Waals surface area contributed by atoms with Crippen LogP contribution < -0.4 is 4.74 Å². The van der Waals surface area contributed by atoms with Crippen molar-refractivity contribution in [3.05, 3.63) is 59.7 Å². The van der Waals surface area contributed by atoms with Crippen molar-refractivity contribution in [2.24, 2.45) is 5.16 Å². The van der Waals surface area contributed by atoms with Crippen LogP contribution in [0.5, 0.6) is 11.5 Å². The van der Waals surface area contributed by atoms with E-state index in [9.17, 15) is 10.3 Å². The Morgan fingerprint density at radius 3 is 2.50 bits per heavy atom. The lowest BCUT2D eigenvalue weighted by atomic mass is 10.0. The fourth-order valence-corrected chi connectivity index (χ4v) is 1.88. The molecule has 0 atom stereocenters. The summed E-state index contributed by atoms with van der Waals surface area (Å²) in [4.78, 5) is 0. The number of benzene rings is 2. The predicted molar refractivity (Wildman–Crippen MR) is 77.8 cm³/mol. The molecule has 0 aromatic heterocycles. The van der Waals surface area contributed by atoms with Gasteiger partial charge in [-0.1, -0.05) is 42.4 Å². The summed E-state index contributed by atoms with van der Waals surface area (Å²) < 4.78 is 5.45. The minimum atomic E-state index is 0.0234. The molecule has 104 valence electrons. The lowest BCUT2D eigenvalue weighted by Gasteiger charge is -2.10. The van der Waals surface area contributed by atoms with Crippen LogP contribution in [0.15, 0.2) is 53.7 Å². The average Bonchev–Trinajstić information content (AvgIpc) is 2.49. The van der Waals surface area contributed by atoms with Crippen molar-refractivity contribution in [2.75, 3.05) is 6.61 Å². The van der Waals surface area contributed by atoms with Crippen molar-refractivity contribution in [3.63, 3.8) is 0 Å². The van der Waals surface area contributed by atoms with E-state index in [1.807, 2.05) is 37.3 Å². The Balaban J connectivity index is 2.32. The summed E-state index contributed by atoms with van der Waals surface area (Å²) in [5.41, 5.74) is 1.51. The zero-order valence-corrected chi connectivity index (χ0v) is 11.3. The maximum atomic E-state index is 10.1. The predicted octanol–water partition coefficient (Wildman–Crippen LogP) is 3.41. The van der Waals surface area contributed by atoms with Gasteiger partial charge in [-0.15, -0.1) is 0 Å². The zero-order valence-electron chi connectivity index (χ0n) is 11.3. The minimum absolute atomic E-state index is 0.0234. The maximum Gasteiger partial charge on any atom is 0.128 e. The molecule has 0 unspecified atom stereocenters. The third-order valence-electron chi connectivity index (χ3n) is 2.84. The highest BCUT2D eigenvalue weighted by Crippen LogP contribution is 2.26. The second-order valence-corrected chi connectivity index (χ2v) is 4.34. The normalized spacial score (nSPS) is 11.3. The Hall–Kier alpha value is -2.49. The smallest absolute Gasteiger partial charge is 0.128 e. The largest absolute Gasteiger partial charge is 0.507 e. The molecule has 0 aliphatic rings. The summed E-state index contributed by atoms with van der Waals surface area (Å²) in [6.45, 7) is 2.61. The molecule has 0 aliphatic carbocycles. The van der Waals surface area contributed by atoms with Crippen molar-refractivity contribution >= 4 is 5.71 Å². The van der Waals surface area contributed by atoms with Gasteiger partial charge in [0.05, 0.1) is 6.61 Å². The van der Waals surface area contributed by atoms with E-state index in [-0.39, 0.29) is 5.75 Å². The number of hydrogen-bond acceptors (Lipinski definition) is 4. The number of hydrogen-bond donors (Lipinski definition) is 2. The summed E-state index contributed by atoms with van der Waals surface area (Å²) in [6, 6.07) is 14.2. The first kappa shape index (κ1) is 13.9. The van der Waals surface area contributed by atoms with Gasteiger partial charge in [0.1, 0.15) is 17.2 Å². The van der Waals surface area contributed by atoms with E-state index < -0.39 is 0 Å². The fourth-order valence-electron chi connectivity index (χ4n) is 1.88. The second kappa shape index (κ2) is 6.61. The van der Waals surface area contributed by atoms with Gasteiger partial charge in [0.2, 0.25) is 0 Å². The summed E-state index contributed by atoms with van der Waals surface area (Å²) in [7, 11) is 0. The van der Waals surface area contributed by atoms with Gasteiger partial charge in [0, 0.05) is 17.2 Å². The first-order valence-corrected chi connectivity index (χ1v) is 6.50. The van der Waals surface area contributed by atoms with Crippen LogP contribution in [-0.4, -0.2) is 22.6 Å². The molecule has 0 radical (unpaired) electrons. The first-order valence-electron chi connectivity index (χ1n) is 6.50. The van der Waals surface area contributed by atoms with Gasteiger partial charge in [-0.05, 0) is 18.6 Å². The Bertz CT molecular complexity index is 594. The molecular weight excluding hydrogens is 254 g/mol. The molecule has 2 aromatic carbocycles. The topological polar surface area (TPSA) is 62.0 Å². The molecule has 20 heavy (non-hydrogen) atoms. The van der Waals surface area contributed by atoms with Crippen molar-refractivity contribution < 1.29 is 15.1 Å². The molecule has 0 saturated carbocycles. The quantitative estimate of drug-likeness (QED) is 0.497. The first-order chi connectivity index (χ1) is 9.76. The van der Waals surface area contributed by atoms with Crippen molar-refractivity contribution in [1.29, 1.82) is 0 Å². The van der Waals surface area contributed by atoms with Gasteiger partial charge < -0.3 is 15.1 Å². The molecule has 0 fully saturated rings. The van der Waals surface area contributed by atoms with Crippen molar-refractivity contribution in [2.45, 2.75) is 13.3 Å². The Morgan fingerprint density at radius 2 is 1.90 bits per heavy atom. The SMILES string of the molecule is CCCOc1ccc(C(=NO)c2ccccc2)c(O)c1. The highest BCUT2D eigenvalue weighted by molar-refractivity contribution is 6.14. The summed E-state index contributed by atoms with van der Waals surface area (Å²) in [5, 5.41) is 22.6. The minimum Gasteiger partial charge on any atom is -0.507 e. The van der Waals surface area contributed by atoms with Gasteiger partial charge in [-0.3, -0.25) is 0 Å². The summed E-state index contributed by atoms with van der Waals surface area (Å²) in [5.74, 6) is 0.619. The molecule has 0 amide bonds. The molecule has 0 bridgehead atoms. The third-order valence-corrected chi connectivity index (χ3v) is 2.84. The second-order valence-electron chi connectivity index (χ2n) is 4.34. The van der Waals surface area contributed by atoms with Crippen LogP contribution in [0.4, 0.5) is 0 Å². The molecule has 2 N–H and O–H groups in total. The summed E-state index contributed by atoms with van der Waals surface area (Å²) >= 11 is 0. The molecule has 0 spiro atoms. The molecule has 4 heteroatoms. The fraction of sp³-hybridized carbons (Fsp3) is 0.188. The Kier molecular flexibility index (Phi) is 4.60. The Morgan fingerprint density at radius 1 is 1.15 bits per heavy atom. The number of rotatable bonds is 5. The molecule has 4 nitrogen and oxygen atoms in total. The molecule has 0 aliphatic heterocycles. The van der Waals surface area contributed by atoms with E-state index in [2.05, 4.69) is 5.16 Å². The van der Waals surface area contributed by atoms with E-state index in [0.29, 0.717) is 23.6 Å². The van der Waals surface area contributed by atoms with Crippen LogP contribution in [0, 0.1) is 0 Å².